The maximum Gasteiger partial charge on any atom is 0.161 e. The molecule has 1 atom stereocenters. The molecule has 0 amide bonds. The Bertz CT molecular complexity index is 381. The molecule has 0 spiro atoms. The number of ketones is 1. The number of carbonyl (C=O) groups is 1. The summed E-state index contributed by atoms with van der Waals surface area (Å²) in [5.41, 5.74) is 0.677. The molecular formula is C13H18N2O. The minimum absolute atomic E-state index is 0.0666. The highest BCUT2D eigenvalue weighted by molar-refractivity contribution is 5.93. The van der Waals surface area contributed by atoms with E-state index in [-0.39, 0.29) is 5.78 Å². The Kier molecular flexibility index (Phi) is 2.95. The molecule has 1 aliphatic rings. The average Bonchev–Trinajstić information content (AvgIpc) is 3.11. The van der Waals surface area contributed by atoms with Crippen LogP contribution in [-0.2, 0) is 0 Å². The summed E-state index contributed by atoms with van der Waals surface area (Å²) < 4.78 is 0. The molecule has 1 aliphatic carbocycles. The number of hydrogen-bond donors (Lipinski definition) is 0. The first kappa shape index (κ1) is 11.1. The van der Waals surface area contributed by atoms with Crippen LogP contribution in [0.15, 0.2) is 18.3 Å². The first-order valence-corrected chi connectivity index (χ1v) is 5.79. The van der Waals surface area contributed by atoms with Gasteiger partial charge in [0.2, 0.25) is 0 Å². The van der Waals surface area contributed by atoms with Crippen LogP contribution in [0, 0.1) is 5.92 Å². The molecule has 0 bridgehead atoms. The van der Waals surface area contributed by atoms with Crippen molar-refractivity contribution in [3.05, 3.63) is 23.9 Å². The van der Waals surface area contributed by atoms with Crippen LogP contribution in [0.5, 0.6) is 0 Å². The normalized spacial score (nSPS) is 16.9. The minimum atomic E-state index is 0.0666. The molecule has 0 radical (unpaired) electrons. The summed E-state index contributed by atoms with van der Waals surface area (Å²) >= 11 is 0. The number of Topliss-reactive ketones (excluding diaryl/α,β-unsaturated/α-hetero) is 1. The molecule has 0 saturated heterocycles. The van der Waals surface area contributed by atoms with E-state index in [4.69, 9.17) is 0 Å². The van der Waals surface area contributed by atoms with Gasteiger partial charge in [-0.25, -0.2) is 4.98 Å². The zero-order chi connectivity index (χ0) is 11.7. The molecule has 86 valence electrons. The van der Waals surface area contributed by atoms with Crippen molar-refractivity contribution >= 4 is 11.6 Å². The van der Waals surface area contributed by atoms with E-state index in [1.165, 1.54) is 12.8 Å². The molecule has 1 saturated carbocycles. The lowest BCUT2D eigenvalue weighted by molar-refractivity contribution is 0.101. The Morgan fingerprint density at radius 1 is 1.50 bits per heavy atom. The summed E-state index contributed by atoms with van der Waals surface area (Å²) in [5, 5.41) is 0. The van der Waals surface area contributed by atoms with E-state index in [9.17, 15) is 4.79 Å². The van der Waals surface area contributed by atoms with Gasteiger partial charge < -0.3 is 4.90 Å². The van der Waals surface area contributed by atoms with Crippen LogP contribution in [0.25, 0.3) is 0 Å². The number of pyridine rings is 1. The Morgan fingerprint density at radius 3 is 2.62 bits per heavy atom. The molecule has 1 aromatic heterocycles. The van der Waals surface area contributed by atoms with Crippen LogP contribution in [0.3, 0.4) is 0 Å². The van der Waals surface area contributed by atoms with Gasteiger partial charge in [-0.3, -0.25) is 4.79 Å². The van der Waals surface area contributed by atoms with E-state index in [1.54, 1.807) is 13.1 Å². The molecule has 3 heteroatoms. The second kappa shape index (κ2) is 4.24. The van der Waals surface area contributed by atoms with E-state index >= 15 is 0 Å². The largest absolute Gasteiger partial charge is 0.357 e. The smallest absolute Gasteiger partial charge is 0.161 e. The van der Waals surface area contributed by atoms with Gasteiger partial charge in [-0.2, -0.15) is 0 Å². The number of anilines is 1. The lowest BCUT2D eigenvalue weighted by Gasteiger charge is -2.25. The number of carbonyl (C=O) groups excluding carboxylic acids is 1. The van der Waals surface area contributed by atoms with Gasteiger partial charge in [-0.15, -0.1) is 0 Å². The molecule has 1 unspecified atom stereocenters. The van der Waals surface area contributed by atoms with Crippen LogP contribution in [0.2, 0.25) is 0 Å². The molecule has 0 aromatic carbocycles. The second-order valence-electron chi connectivity index (χ2n) is 4.65. The van der Waals surface area contributed by atoms with Gasteiger partial charge in [0.1, 0.15) is 5.82 Å². The van der Waals surface area contributed by atoms with Crippen molar-refractivity contribution in [2.45, 2.75) is 32.7 Å². The molecule has 2 rings (SSSR count). The second-order valence-corrected chi connectivity index (χ2v) is 4.65. The molecule has 3 nitrogen and oxygen atoms in total. The zero-order valence-corrected chi connectivity index (χ0v) is 10.1. The third kappa shape index (κ3) is 2.23. The Hall–Kier alpha value is -1.38. The summed E-state index contributed by atoms with van der Waals surface area (Å²) in [6.45, 7) is 3.80. The number of rotatable bonds is 4. The van der Waals surface area contributed by atoms with E-state index in [0.717, 1.165) is 11.7 Å². The Morgan fingerprint density at radius 2 is 2.19 bits per heavy atom. The lowest BCUT2D eigenvalue weighted by Crippen LogP contribution is -2.31. The van der Waals surface area contributed by atoms with E-state index in [1.807, 2.05) is 12.1 Å². The Labute approximate surface area is 96.5 Å². The molecule has 0 N–H and O–H groups in total. The van der Waals surface area contributed by atoms with E-state index in [0.29, 0.717) is 11.6 Å². The van der Waals surface area contributed by atoms with Gasteiger partial charge >= 0.3 is 0 Å². The van der Waals surface area contributed by atoms with E-state index in [2.05, 4.69) is 23.9 Å². The highest BCUT2D eigenvalue weighted by Crippen LogP contribution is 2.35. The maximum atomic E-state index is 11.1. The van der Waals surface area contributed by atoms with Crippen molar-refractivity contribution in [2.75, 3.05) is 11.9 Å². The minimum Gasteiger partial charge on any atom is -0.357 e. The summed E-state index contributed by atoms with van der Waals surface area (Å²) in [5.74, 6) is 1.83. The first-order chi connectivity index (χ1) is 7.59. The van der Waals surface area contributed by atoms with E-state index < -0.39 is 0 Å². The van der Waals surface area contributed by atoms with Crippen LogP contribution in [0.1, 0.15) is 37.0 Å². The fourth-order valence-corrected chi connectivity index (χ4v) is 1.91. The fraction of sp³-hybridized carbons (Fsp3) is 0.538. The summed E-state index contributed by atoms with van der Waals surface area (Å²) in [6, 6.07) is 4.31. The van der Waals surface area contributed by atoms with Crippen molar-refractivity contribution in [3.63, 3.8) is 0 Å². The fourth-order valence-electron chi connectivity index (χ4n) is 1.91. The zero-order valence-electron chi connectivity index (χ0n) is 10.1. The topological polar surface area (TPSA) is 33.2 Å². The van der Waals surface area contributed by atoms with Crippen molar-refractivity contribution in [1.29, 1.82) is 0 Å². The van der Waals surface area contributed by atoms with Crippen molar-refractivity contribution < 1.29 is 4.79 Å². The standard InChI is InChI=1S/C13H18N2O/c1-9(11-4-5-11)15(3)13-7-6-12(8-14-13)10(2)16/h6-9,11H,4-5H2,1-3H3. The molecule has 16 heavy (non-hydrogen) atoms. The number of nitrogens with zero attached hydrogens (tertiary/aromatic N) is 2. The molecule has 1 heterocycles. The SMILES string of the molecule is CC(=O)c1ccc(N(C)C(C)C2CC2)nc1. The Balaban J connectivity index is 2.11. The monoisotopic (exact) mass is 218 g/mol. The van der Waals surface area contributed by atoms with Gasteiger partial charge in [0.05, 0.1) is 0 Å². The molecule has 0 aliphatic heterocycles. The number of aromatic nitrogens is 1. The molecule has 1 fully saturated rings. The van der Waals surface area contributed by atoms with Crippen molar-refractivity contribution in [1.82, 2.24) is 4.98 Å². The van der Waals surface area contributed by atoms with Crippen LogP contribution in [0.4, 0.5) is 5.82 Å². The quantitative estimate of drug-likeness (QED) is 0.728. The highest BCUT2D eigenvalue weighted by Gasteiger charge is 2.30. The van der Waals surface area contributed by atoms with Crippen molar-refractivity contribution in [3.8, 4) is 0 Å². The van der Waals surface area contributed by atoms with Gasteiger partial charge in [-0.05, 0) is 44.7 Å². The van der Waals surface area contributed by atoms with Gasteiger partial charge in [0.15, 0.2) is 5.78 Å². The lowest BCUT2D eigenvalue weighted by atomic mass is 10.2. The third-order valence-corrected chi connectivity index (χ3v) is 3.43. The third-order valence-electron chi connectivity index (χ3n) is 3.43. The first-order valence-electron chi connectivity index (χ1n) is 5.79. The van der Waals surface area contributed by atoms with Crippen LogP contribution in [-0.4, -0.2) is 23.9 Å². The van der Waals surface area contributed by atoms with Crippen LogP contribution < -0.4 is 4.90 Å². The van der Waals surface area contributed by atoms with Crippen LogP contribution >= 0.6 is 0 Å². The number of hydrogen-bond acceptors (Lipinski definition) is 3. The summed E-state index contributed by atoms with van der Waals surface area (Å²) in [4.78, 5) is 17.7. The molecule has 1 aromatic rings. The van der Waals surface area contributed by atoms with Gasteiger partial charge in [-0.1, -0.05) is 0 Å². The summed E-state index contributed by atoms with van der Waals surface area (Å²) in [7, 11) is 2.07. The molecular weight excluding hydrogens is 200 g/mol. The average molecular weight is 218 g/mol. The predicted octanol–water partition coefficient (Wildman–Crippen LogP) is 2.52. The van der Waals surface area contributed by atoms with Gasteiger partial charge in [0.25, 0.3) is 0 Å². The summed E-state index contributed by atoms with van der Waals surface area (Å²) in [6.07, 6.45) is 4.32. The maximum absolute atomic E-state index is 11.1. The predicted molar refractivity (Wildman–Crippen MR) is 64.8 cm³/mol. The van der Waals surface area contributed by atoms with Gasteiger partial charge in [0, 0.05) is 24.8 Å². The van der Waals surface area contributed by atoms with Crippen molar-refractivity contribution in [2.24, 2.45) is 5.92 Å². The highest BCUT2D eigenvalue weighted by atomic mass is 16.1.